The van der Waals surface area contributed by atoms with Crippen LogP contribution in [-0.2, 0) is 20.0 Å². The number of benzene rings is 2. The summed E-state index contributed by atoms with van der Waals surface area (Å²) in [5, 5.41) is 0.105. The van der Waals surface area contributed by atoms with Crippen LogP contribution in [0.2, 0.25) is 15.1 Å². The van der Waals surface area contributed by atoms with Crippen LogP contribution >= 0.6 is 34.8 Å². The normalized spacial score (nSPS) is 20.8. The first-order valence-corrected chi connectivity index (χ1v) is 13.2. The lowest BCUT2D eigenvalue weighted by Gasteiger charge is -2.34. The lowest BCUT2D eigenvalue weighted by Crippen LogP contribution is -2.42. The van der Waals surface area contributed by atoms with Crippen LogP contribution in [0.15, 0.2) is 46.2 Å². The zero-order valence-electron chi connectivity index (χ0n) is 16.3. The second-order valence-corrected chi connectivity index (χ2v) is 12.4. The molecule has 1 aliphatic rings. The smallest absolute Gasteiger partial charge is 0.263 e. The summed E-state index contributed by atoms with van der Waals surface area (Å²) >= 11 is 17.8. The Kier molecular flexibility index (Phi) is 6.96. The zero-order valence-corrected chi connectivity index (χ0v) is 20.2. The van der Waals surface area contributed by atoms with E-state index in [1.807, 2.05) is 13.8 Å². The highest BCUT2D eigenvalue weighted by molar-refractivity contribution is 7.92. The molecule has 0 bridgehead atoms. The van der Waals surface area contributed by atoms with Crippen LogP contribution in [0.5, 0.6) is 0 Å². The minimum Gasteiger partial charge on any atom is -0.280 e. The number of halogens is 3. The van der Waals surface area contributed by atoms with Crippen LogP contribution in [0.1, 0.15) is 20.3 Å². The highest BCUT2D eigenvalue weighted by atomic mass is 35.5. The van der Waals surface area contributed by atoms with Crippen LogP contribution in [0.4, 0.5) is 5.69 Å². The molecule has 2 atom stereocenters. The van der Waals surface area contributed by atoms with Gasteiger partial charge in [0.1, 0.15) is 4.90 Å². The molecule has 0 amide bonds. The third kappa shape index (κ3) is 5.06. The summed E-state index contributed by atoms with van der Waals surface area (Å²) in [7, 11) is -7.71. The molecule has 1 aliphatic heterocycles. The van der Waals surface area contributed by atoms with Gasteiger partial charge in [0.2, 0.25) is 10.0 Å². The molecule has 1 fully saturated rings. The van der Waals surface area contributed by atoms with Gasteiger partial charge < -0.3 is 0 Å². The van der Waals surface area contributed by atoms with Crippen molar-refractivity contribution < 1.29 is 16.8 Å². The van der Waals surface area contributed by atoms with Gasteiger partial charge >= 0.3 is 0 Å². The van der Waals surface area contributed by atoms with Crippen LogP contribution in [0, 0.1) is 11.8 Å². The maximum absolute atomic E-state index is 13.0. The van der Waals surface area contributed by atoms with E-state index >= 15 is 0 Å². The first kappa shape index (κ1) is 23.6. The van der Waals surface area contributed by atoms with Crippen LogP contribution in [0.3, 0.4) is 0 Å². The average molecular weight is 512 g/mol. The van der Waals surface area contributed by atoms with Crippen molar-refractivity contribution in [2.45, 2.75) is 30.1 Å². The number of rotatable bonds is 5. The van der Waals surface area contributed by atoms with Crippen molar-refractivity contribution >= 4 is 60.5 Å². The van der Waals surface area contributed by atoms with E-state index in [1.54, 1.807) is 0 Å². The van der Waals surface area contributed by atoms with E-state index in [-0.39, 0.29) is 42.4 Å². The Balaban J connectivity index is 1.83. The molecule has 0 spiro atoms. The fourth-order valence-electron chi connectivity index (χ4n) is 3.57. The second kappa shape index (κ2) is 8.84. The van der Waals surface area contributed by atoms with Gasteiger partial charge in [-0.25, -0.2) is 16.8 Å². The monoisotopic (exact) mass is 510 g/mol. The van der Waals surface area contributed by atoms with Crippen molar-refractivity contribution in [2.24, 2.45) is 11.8 Å². The largest absolute Gasteiger partial charge is 0.280 e. The number of piperidine rings is 1. The van der Waals surface area contributed by atoms with Gasteiger partial charge in [-0.05, 0) is 54.7 Å². The van der Waals surface area contributed by atoms with E-state index in [0.29, 0.717) is 13.1 Å². The molecule has 0 radical (unpaired) electrons. The van der Waals surface area contributed by atoms with E-state index in [4.69, 9.17) is 34.8 Å². The molecule has 164 valence electrons. The Morgan fingerprint density at radius 2 is 1.40 bits per heavy atom. The molecule has 1 N–H and O–H groups in total. The van der Waals surface area contributed by atoms with E-state index in [2.05, 4.69) is 4.72 Å². The maximum Gasteiger partial charge on any atom is 0.263 e. The maximum atomic E-state index is 13.0. The standard InChI is InChI=1S/C19H21Cl3N2O4S2/c1-12-7-13(2)11-24(10-12)30(27,28)15-5-3-14(4-6-15)23-29(25,26)19-9-17(21)16(20)8-18(19)22/h3-6,8-9,12-13,23H,7,10-11H2,1-2H3. The molecule has 3 rings (SSSR count). The van der Waals surface area contributed by atoms with Gasteiger partial charge in [0, 0.05) is 18.8 Å². The van der Waals surface area contributed by atoms with Crippen molar-refractivity contribution in [3.63, 3.8) is 0 Å². The molecular formula is C19H21Cl3N2O4S2. The van der Waals surface area contributed by atoms with Gasteiger partial charge in [0.15, 0.2) is 0 Å². The molecular weight excluding hydrogens is 491 g/mol. The van der Waals surface area contributed by atoms with Crippen LogP contribution < -0.4 is 4.72 Å². The first-order chi connectivity index (χ1) is 13.9. The lowest BCUT2D eigenvalue weighted by molar-refractivity contribution is 0.222. The topological polar surface area (TPSA) is 83.6 Å². The fraction of sp³-hybridized carbons (Fsp3) is 0.368. The van der Waals surface area contributed by atoms with Gasteiger partial charge in [0.25, 0.3) is 10.0 Å². The number of sulfonamides is 2. The quantitative estimate of drug-likeness (QED) is 0.565. The molecule has 0 aliphatic carbocycles. The molecule has 2 aromatic carbocycles. The number of nitrogens with one attached hydrogen (secondary N) is 1. The molecule has 11 heteroatoms. The van der Waals surface area contributed by atoms with Gasteiger partial charge in [-0.3, -0.25) is 4.72 Å². The number of nitrogens with zero attached hydrogens (tertiary/aromatic N) is 1. The Morgan fingerprint density at radius 3 is 1.97 bits per heavy atom. The summed E-state index contributed by atoms with van der Waals surface area (Å²) in [5.74, 6) is 0.566. The number of hydrogen-bond acceptors (Lipinski definition) is 4. The van der Waals surface area contributed by atoms with Crippen molar-refractivity contribution in [1.82, 2.24) is 4.31 Å². The van der Waals surface area contributed by atoms with Crippen LogP contribution in [-0.4, -0.2) is 34.2 Å². The highest BCUT2D eigenvalue weighted by Gasteiger charge is 2.31. The lowest BCUT2D eigenvalue weighted by atomic mass is 9.94. The van der Waals surface area contributed by atoms with Crippen molar-refractivity contribution in [1.29, 1.82) is 0 Å². The summed E-state index contributed by atoms with van der Waals surface area (Å²) in [6.45, 7) is 5.00. The van der Waals surface area contributed by atoms with Crippen molar-refractivity contribution in [2.75, 3.05) is 17.8 Å². The van der Waals surface area contributed by atoms with E-state index in [1.165, 1.54) is 34.6 Å². The molecule has 0 aromatic heterocycles. The minimum absolute atomic E-state index is 0.0490. The van der Waals surface area contributed by atoms with Crippen LogP contribution in [0.25, 0.3) is 0 Å². The van der Waals surface area contributed by atoms with Gasteiger partial charge in [-0.1, -0.05) is 48.7 Å². The third-order valence-corrected chi connectivity index (χ3v) is 9.26. The summed E-state index contributed by atoms with van der Waals surface area (Å²) in [6, 6.07) is 7.96. The van der Waals surface area contributed by atoms with Gasteiger partial charge in [0.05, 0.1) is 20.0 Å². The molecule has 2 unspecified atom stereocenters. The van der Waals surface area contributed by atoms with E-state index < -0.39 is 20.0 Å². The number of anilines is 1. The Bertz CT molecular complexity index is 1140. The fourth-order valence-corrected chi connectivity index (χ4v) is 7.31. The highest BCUT2D eigenvalue weighted by Crippen LogP contribution is 2.33. The third-order valence-electron chi connectivity index (χ3n) is 4.84. The summed E-state index contributed by atoms with van der Waals surface area (Å²) in [4.78, 5) is -0.120. The molecule has 6 nitrogen and oxygen atoms in total. The Labute approximate surface area is 192 Å². The van der Waals surface area contributed by atoms with E-state index in [9.17, 15) is 16.8 Å². The Hall–Kier alpha value is -1.03. The summed E-state index contributed by atoms with van der Waals surface area (Å²) in [6.07, 6.45) is 0.990. The summed E-state index contributed by atoms with van der Waals surface area (Å²) < 4.78 is 55.1. The number of hydrogen-bond donors (Lipinski definition) is 1. The van der Waals surface area contributed by atoms with Crippen molar-refractivity contribution in [3.8, 4) is 0 Å². The molecule has 30 heavy (non-hydrogen) atoms. The zero-order chi connectivity index (χ0) is 22.3. The Morgan fingerprint density at radius 1 is 0.867 bits per heavy atom. The van der Waals surface area contributed by atoms with Gasteiger partial charge in [-0.15, -0.1) is 0 Å². The first-order valence-electron chi connectivity index (χ1n) is 9.17. The predicted molar refractivity (Wildman–Crippen MR) is 120 cm³/mol. The SMILES string of the molecule is CC1CC(C)CN(S(=O)(=O)c2ccc(NS(=O)(=O)c3cc(Cl)c(Cl)cc3Cl)cc2)C1. The molecule has 2 aromatic rings. The predicted octanol–water partition coefficient (Wildman–Crippen LogP) is 5.11. The van der Waals surface area contributed by atoms with Crippen molar-refractivity contribution in [3.05, 3.63) is 51.5 Å². The summed E-state index contributed by atoms with van der Waals surface area (Å²) in [5.41, 5.74) is 0.191. The average Bonchev–Trinajstić information content (AvgIpc) is 2.64. The second-order valence-electron chi connectivity index (χ2n) is 7.59. The molecule has 1 heterocycles. The van der Waals surface area contributed by atoms with E-state index in [0.717, 1.165) is 12.5 Å². The minimum atomic E-state index is -4.05. The van der Waals surface area contributed by atoms with Gasteiger partial charge in [-0.2, -0.15) is 4.31 Å². The molecule has 0 saturated carbocycles. The molecule has 1 saturated heterocycles.